The van der Waals surface area contributed by atoms with Crippen molar-refractivity contribution in [3.63, 3.8) is 0 Å². The number of fused-ring (bicyclic) bond motifs is 1. The second-order valence-corrected chi connectivity index (χ2v) is 10.00. The number of hydrogen-bond acceptors (Lipinski definition) is 5. The highest BCUT2D eigenvalue weighted by molar-refractivity contribution is 7.89. The number of benzene rings is 2. The molecule has 0 spiro atoms. The molecule has 0 amide bonds. The average molecular weight is 430 g/mol. The Hall–Kier alpha value is -2.22. The van der Waals surface area contributed by atoms with Gasteiger partial charge in [0.05, 0.1) is 10.8 Å². The lowest BCUT2D eigenvalue weighted by Crippen LogP contribution is -2.48. The number of aromatic nitrogens is 2. The van der Waals surface area contributed by atoms with Crippen molar-refractivity contribution in [1.29, 1.82) is 0 Å². The summed E-state index contributed by atoms with van der Waals surface area (Å²) in [4.78, 5) is 4.81. The number of rotatable bonds is 4. The lowest BCUT2D eigenvalue weighted by Gasteiger charge is -2.36. The van der Waals surface area contributed by atoms with Crippen molar-refractivity contribution in [2.24, 2.45) is 0 Å². The molecule has 1 aliphatic carbocycles. The molecule has 1 saturated heterocycles. The molecule has 0 saturated carbocycles. The van der Waals surface area contributed by atoms with Crippen LogP contribution in [-0.4, -0.2) is 36.0 Å². The van der Waals surface area contributed by atoms with Gasteiger partial charge < -0.3 is 4.52 Å². The molecule has 0 unspecified atom stereocenters. The van der Waals surface area contributed by atoms with Gasteiger partial charge in [0.2, 0.25) is 21.7 Å². The van der Waals surface area contributed by atoms with Gasteiger partial charge in [0.25, 0.3) is 0 Å². The third-order valence-electron chi connectivity index (χ3n) is 5.68. The molecular weight excluding hydrogens is 410 g/mol. The minimum atomic E-state index is -3.50. The smallest absolute Gasteiger partial charge is 0.243 e. The largest absolute Gasteiger partial charge is 0.339 e. The summed E-state index contributed by atoms with van der Waals surface area (Å²) in [6.45, 7) is 0.688. The van der Waals surface area contributed by atoms with Gasteiger partial charge in [0, 0.05) is 23.7 Å². The van der Waals surface area contributed by atoms with Crippen molar-refractivity contribution in [1.82, 2.24) is 14.4 Å². The van der Waals surface area contributed by atoms with E-state index in [-0.39, 0.29) is 5.92 Å². The fourth-order valence-electron chi connectivity index (χ4n) is 3.96. The molecule has 1 aromatic heterocycles. The standard InChI is InChI=1S/C21H20ClN3O3S/c22-18-7-3-6-16(10-18)20-23-21(28-24-20)17-12-25(13-17)29(26,27)19-9-8-14-4-1-2-5-15(14)11-19/h3,6-11,17H,1-2,4-5,12-13H2. The van der Waals surface area contributed by atoms with Crippen LogP contribution in [0.1, 0.15) is 35.8 Å². The first-order chi connectivity index (χ1) is 14.0. The quantitative estimate of drug-likeness (QED) is 0.625. The molecule has 0 atom stereocenters. The van der Waals surface area contributed by atoms with Crippen molar-refractivity contribution in [2.45, 2.75) is 36.5 Å². The fraction of sp³-hybridized carbons (Fsp3) is 0.333. The summed E-state index contributed by atoms with van der Waals surface area (Å²) >= 11 is 6.01. The monoisotopic (exact) mass is 429 g/mol. The highest BCUT2D eigenvalue weighted by Gasteiger charge is 2.40. The van der Waals surface area contributed by atoms with Gasteiger partial charge in [0.15, 0.2) is 0 Å². The minimum Gasteiger partial charge on any atom is -0.339 e. The number of aryl methyl sites for hydroxylation is 2. The molecule has 1 aliphatic heterocycles. The maximum atomic E-state index is 13.0. The summed E-state index contributed by atoms with van der Waals surface area (Å²) in [5.41, 5.74) is 3.21. The second kappa shape index (κ2) is 7.23. The van der Waals surface area contributed by atoms with Gasteiger partial charge in [-0.1, -0.05) is 35.0 Å². The van der Waals surface area contributed by atoms with E-state index in [2.05, 4.69) is 10.1 Å². The second-order valence-electron chi connectivity index (χ2n) is 7.62. The molecule has 8 heteroatoms. The third kappa shape index (κ3) is 3.47. The Balaban J connectivity index is 1.30. The van der Waals surface area contributed by atoms with E-state index in [0.29, 0.717) is 34.7 Å². The zero-order valence-corrected chi connectivity index (χ0v) is 17.3. The molecule has 3 aromatic rings. The minimum absolute atomic E-state index is 0.0946. The first-order valence-electron chi connectivity index (χ1n) is 9.72. The normalized spacial score (nSPS) is 17.7. The molecule has 0 radical (unpaired) electrons. The lowest BCUT2D eigenvalue weighted by atomic mass is 9.92. The van der Waals surface area contributed by atoms with E-state index in [1.165, 1.54) is 16.3 Å². The maximum Gasteiger partial charge on any atom is 0.243 e. The van der Waals surface area contributed by atoms with Crippen molar-refractivity contribution in [3.8, 4) is 11.4 Å². The van der Waals surface area contributed by atoms with Crippen LogP contribution in [0.25, 0.3) is 11.4 Å². The van der Waals surface area contributed by atoms with Gasteiger partial charge in [-0.25, -0.2) is 8.42 Å². The fourth-order valence-corrected chi connectivity index (χ4v) is 5.73. The highest BCUT2D eigenvalue weighted by Crippen LogP contribution is 2.33. The van der Waals surface area contributed by atoms with Gasteiger partial charge in [0.1, 0.15) is 0 Å². The molecule has 0 N–H and O–H groups in total. The molecule has 2 aromatic carbocycles. The summed E-state index contributed by atoms with van der Waals surface area (Å²) in [6.07, 6.45) is 4.28. The Labute approximate surface area is 174 Å². The SMILES string of the molecule is O=S(=O)(c1ccc2c(c1)CCCC2)N1CC(c2nc(-c3cccc(Cl)c3)no2)C1. The molecule has 2 heterocycles. The molecule has 0 bridgehead atoms. The molecule has 5 rings (SSSR count). The van der Waals surface area contributed by atoms with Crippen molar-refractivity contribution >= 4 is 21.6 Å². The number of nitrogens with zero attached hydrogens (tertiary/aromatic N) is 3. The van der Waals surface area contributed by atoms with Crippen LogP contribution in [0.2, 0.25) is 5.02 Å². The van der Waals surface area contributed by atoms with Gasteiger partial charge in [-0.15, -0.1) is 0 Å². The maximum absolute atomic E-state index is 13.0. The van der Waals surface area contributed by atoms with E-state index in [1.54, 1.807) is 18.2 Å². The molecule has 6 nitrogen and oxygen atoms in total. The van der Waals surface area contributed by atoms with Gasteiger partial charge in [-0.2, -0.15) is 9.29 Å². The Morgan fingerprint density at radius 2 is 1.83 bits per heavy atom. The van der Waals surface area contributed by atoms with E-state index < -0.39 is 10.0 Å². The van der Waals surface area contributed by atoms with E-state index in [0.717, 1.165) is 30.4 Å². The first kappa shape index (κ1) is 18.8. The summed E-state index contributed by atoms with van der Waals surface area (Å²) in [6, 6.07) is 12.8. The highest BCUT2D eigenvalue weighted by atomic mass is 35.5. The topological polar surface area (TPSA) is 76.3 Å². The Kier molecular flexibility index (Phi) is 4.69. The number of hydrogen-bond donors (Lipinski definition) is 0. The van der Waals surface area contributed by atoms with Crippen molar-refractivity contribution in [3.05, 3.63) is 64.5 Å². The van der Waals surface area contributed by atoms with Crippen LogP contribution >= 0.6 is 11.6 Å². The zero-order chi connectivity index (χ0) is 20.0. The van der Waals surface area contributed by atoms with E-state index in [4.69, 9.17) is 16.1 Å². The molecule has 1 fully saturated rings. The molecular formula is C21H20ClN3O3S. The van der Waals surface area contributed by atoms with Crippen LogP contribution in [-0.2, 0) is 22.9 Å². The zero-order valence-electron chi connectivity index (χ0n) is 15.7. The summed E-state index contributed by atoms with van der Waals surface area (Å²) in [7, 11) is -3.50. The summed E-state index contributed by atoms with van der Waals surface area (Å²) < 4.78 is 32.8. The lowest BCUT2D eigenvalue weighted by molar-refractivity contribution is 0.217. The predicted octanol–water partition coefficient (Wildman–Crippen LogP) is 4.06. The molecule has 150 valence electrons. The summed E-state index contributed by atoms with van der Waals surface area (Å²) in [5, 5.41) is 4.61. The Bertz CT molecular complexity index is 1170. The van der Waals surface area contributed by atoms with Crippen LogP contribution in [0.15, 0.2) is 51.9 Å². The first-order valence-corrected chi connectivity index (χ1v) is 11.5. The van der Waals surface area contributed by atoms with Gasteiger partial charge in [-0.05, 0) is 61.1 Å². The predicted molar refractivity (Wildman–Crippen MR) is 109 cm³/mol. The van der Waals surface area contributed by atoms with Crippen molar-refractivity contribution in [2.75, 3.05) is 13.1 Å². The number of sulfonamides is 1. The third-order valence-corrected chi connectivity index (χ3v) is 7.74. The average Bonchev–Trinajstić information content (AvgIpc) is 3.16. The van der Waals surface area contributed by atoms with Crippen molar-refractivity contribution < 1.29 is 12.9 Å². The Morgan fingerprint density at radius 3 is 2.62 bits per heavy atom. The van der Waals surface area contributed by atoms with Crippen LogP contribution in [0.5, 0.6) is 0 Å². The molecule has 2 aliphatic rings. The molecule has 29 heavy (non-hydrogen) atoms. The van der Waals surface area contributed by atoms with E-state index >= 15 is 0 Å². The Morgan fingerprint density at radius 1 is 1.03 bits per heavy atom. The van der Waals surface area contributed by atoms with Crippen LogP contribution < -0.4 is 0 Å². The number of halogens is 1. The van der Waals surface area contributed by atoms with Crippen LogP contribution in [0.4, 0.5) is 0 Å². The van der Waals surface area contributed by atoms with Gasteiger partial charge in [-0.3, -0.25) is 0 Å². The van der Waals surface area contributed by atoms with E-state index in [1.807, 2.05) is 24.3 Å². The van der Waals surface area contributed by atoms with Crippen LogP contribution in [0, 0.1) is 0 Å². The van der Waals surface area contributed by atoms with Gasteiger partial charge >= 0.3 is 0 Å². The van der Waals surface area contributed by atoms with E-state index in [9.17, 15) is 8.42 Å². The summed E-state index contributed by atoms with van der Waals surface area (Å²) in [5.74, 6) is 0.818. The van der Waals surface area contributed by atoms with Crippen LogP contribution in [0.3, 0.4) is 0 Å².